The van der Waals surface area contributed by atoms with Crippen LogP contribution in [0.5, 0.6) is 5.75 Å². The molecule has 0 unspecified atom stereocenters. The minimum Gasteiger partial charge on any atom is -0.427 e. The van der Waals surface area contributed by atoms with Gasteiger partial charge in [-0.3, -0.25) is 4.79 Å². The average Bonchev–Trinajstić information content (AvgIpc) is 2.88. The highest BCUT2D eigenvalue weighted by Gasteiger charge is 2.10. The summed E-state index contributed by atoms with van der Waals surface area (Å²) < 4.78 is 7.40. The number of carbonyl (C=O) groups excluding carboxylic acids is 1. The molecule has 2 aromatic carbocycles. The first-order valence-corrected chi connectivity index (χ1v) is 8.52. The number of hydrogen-bond donors (Lipinski definition) is 1. The van der Waals surface area contributed by atoms with Gasteiger partial charge in [-0.25, -0.2) is 0 Å². The molecule has 0 fully saturated rings. The molecule has 24 heavy (non-hydrogen) atoms. The lowest BCUT2D eigenvalue weighted by molar-refractivity contribution is -0.131. The Morgan fingerprint density at radius 3 is 2.25 bits per heavy atom. The first-order valence-electron chi connectivity index (χ1n) is 8.52. The van der Waals surface area contributed by atoms with E-state index in [0.29, 0.717) is 5.75 Å². The van der Waals surface area contributed by atoms with Gasteiger partial charge in [-0.2, -0.15) is 0 Å². The number of para-hydroxylation sites is 1. The summed E-state index contributed by atoms with van der Waals surface area (Å²) >= 11 is 0. The quantitative estimate of drug-likeness (QED) is 0.572. The summed E-state index contributed by atoms with van der Waals surface area (Å²) in [5.74, 6) is 0.302. The Labute approximate surface area is 143 Å². The summed E-state index contributed by atoms with van der Waals surface area (Å²) in [7, 11) is 0. The summed E-state index contributed by atoms with van der Waals surface area (Å²) in [5.41, 5.74) is 2.31. The number of ether oxygens (including phenoxy) is 1. The van der Waals surface area contributed by atoms with Crippen LogP contribution >= 0.6 is 0 Å². The molecule has 0 saturated carbocycles. The van der Waals surface area contributed by atoms with Gasteiger partial charge in [0.2, 0.25) is 0 Å². The van der Waals surface area contributed by atoms with Crippen molar-refractivity contribution in [2.24, 2.45) is 0 Å². The molecule has 0 amide bonds. The molecule has 4 heteroatoms. The Morgan fingerprint density at radius 2 is 1.67 bits per heavy atom. The van der Waals surface area contributed by atoms with E-state index in [2.05, 4.69) is 42.8 Å². The van der Waals surface area contributed by atoms with Crippen LogP contribution < -0.4 is 10.1 Å². The molecule has 0 aliphatic heterocycles. The van der Waals surface area contributed by atoms with Crippen molar-refractivity contribution < 1.29 is 9.53 Å². The maximum Gasteiger partial charge on any atom is 0.308 e. The van der Waals surface area contributed by atoms with Gasteiger partial charge >= 0.3 is 5.97 Å². The van der Waals surface area contributed by atoms with E-state index < -0.39 is 0 Å². The SMILES string of the molecule is CCNCC.CCn1c2ccccc2c2ccc(OC(C)=O)cc21. The van der Waals surface area contributed by atoms with E-state index in [1.165, 1.54) is 23.2 Å². The molecule has 1 N–H and O–H groups in total. The number of hydrogen-bond acceptors (Lipinski definition) is 3. The van der Waals surface area contributed by atoms with Crippen LogP contribution in [0.4, 0.5) is 0 Å². The van der Waals surface area contributed by atoms with Crippen molar-refractivity contribution in [3.05, 3.63) is 42.5 Å². The Morgan fingerprint density at radius 1 is 1.00 bits per heavy atom. The lowest BCUT2D eigenvalue weighted by Gasteiger charge is -2.05. The Hall–Kier alpha value is -2.33. The van der Waals surface area contributed by atoms with E-state index in [1.807, 2.05) is 30.3 Å². The minimum absolute atomic E-state index is 0.293. The summed E-state index contributed by atoms with van der Waals surface area (Å²) in [6.45, 7) is 10.8. The van der Waals surface area contributed by atoms with Crippen molar-refractivity contribution in [1.82, 2.24) is 9.88 Å². The van der Waals surface area contributed by atoms with Gasteiger partial charge < -0.3 is 14.6 Å². The van der Waals surface area contributed by atoms with Gasteiger partial charge in [-0.05, 0) is 38.2 Å². The third-order valence-electron chi connectivity index (χ3n) is 3.82. The molecule has 0 radical (unpaired) electrons. The van der Waals surface area contributed by atoms with Crippen molar-refractivity contribution in [1.29, 1.82) is 0 Å². The molecule has 3 rings (SSSR count). The maximum atomic E-state index is 11.0. The highest BCUT2D eigenvalue weighted by molar-refractivity contribution is 6.08. The number of aryl methyl sites for hydroxylation is 1. The van der Waals surface area contributed by atoms with Gasteiger partial charge in [-0.15, -0.1) is 0 Å². The summed E-state index contributed by atoms with van der Waals surface area (Å²) in [6, 6.07) is 14.1. The maximum absolute atomic E-state index is 11.0. The lowest BCUT2D eigenvalue weighted by Crippen LogP contribution is -2.09. The van der Waals surface area contributed by atoms with Crippen LogP contribution in [-0.2, 0) is 11.3 Å². The zero-order valence-corrected chi connectivity index (χ0v) is 14.9. The van der Waals surface area contributed by atoms with Gasteiger partial charge in [-0.1, -0.05) is 32.0 Å². The van der Waals surface area contributed by atoms with Gasteiger partial charge in [0, 0.05) is 35.8 Å². The molecule has 0 aliphatic rings. The van der Waals surface area contributed by atoms with Crippen molar-refractivity contribution in [2.75, 3.05) is 13.1 Å². The predicted octanol–water partition coefficient (Wildman–Crippen LogP) is 4.36. The van der Waals surface area contributed by atoms with Gasteiger partial charge in [0.1, 0.15) is 5.75 Å². The van der Waals surface area contributed by atoms with Gasteiger partial charge in [0.25, 0.3) is 0 Å². The molecule has 0 bridgehead atoms. The topological polar surface area (TPSA) is 43.3 Å². The van der Waals surface area contributed by atoms with E-state index in [4.69, 9.17) is 4.74 Å². The Bertz CT molecular complexity index is 819. The van der Waals surface area contributed by atoms with Crippen molar-refractivity contribution >= 4 is 27.8 Å². The normalized spacial score (nSPS) is 10.5. The molecule has 0 spiro atoms. The lowest BCUT2D eigenvalue weighted by atomic mass is 10.1. The van der Waals surface area contributed by atoms with Crippen LogP contribution in [0.2, 0.25) is 0 Å². The van der Waals surface area contributed by atoms with Crippen LogP contribution in [0.25, 0.3) is 21.8 Å². The fourth-order valence-corrected chi connectivity index (χ4v) is 2.85. The standard InChI is InChI=1S/C16H15NO2.C4H11N/c1-3-17-15-7-5-4-6-13(15)14-9-8-12(10-16(14)17)19-11(2)18;1-3-5-4-2/h4-10H,3H2,1-2H3;5H,3-4H2,1-2H3. The molecule has 4 nitrogen and oxygen atoms in total. The van der Waals surface area contributed by atoms with Crippen LogP contribution in [0, 0.1) is 0 Å². The number of esters is 1. The monoisotopic (exact) mass is 326 g/mol. The molecule has 3 aromatic rings. The second kappa shape index (κ2) is 8.50. The van der Waals surface area contributed by atoms with Crippen LogP contribution in [0.15, 0.2) is 42.5 Å². The van der Waals surface area contributed by atoms with Crippen LogP contribution in [0.3, 0.4) is 0 Å². The van der Waals surface area contributed by atoms with E-state index in [-0.39, 0.29) is 5.97 Å². The Balaban J connectivity index is 0.000000368. The number of benzene rings is 2. The summed E-state index contributed by atoms with van der Waals surface area (Å²) in [4.78, 5) is 11.0. The van der Waals surface area contributed by atoms with E-state index in [0.717, 1.165) is 25.2 Å². The second-order valence-electron chi connectivity index (χ2n) is 5.49. The largest absolute Gasteiger partial charge is 0.427 e. The summed E-state index contributed by atoms with van der Waals surface area (Å²) in [6.07, 6.45) is 0. The molecule has 0 aliphatic carbocycles. The molecule has 128 valence electrons. The number of nitrogens with one attached hydrogen (secondary N) is 1. The van der Waals surface area contributed by atoms with E-state index in [9.17, 15) is 4.79 Å². The van der Waals surface area contributed by atoms with Crippen molar-refractivity contribution in [3.8, 4) is 5.75 Å². The summed E-state index contributed by atoms with van der Waals surface area (Å²) in [5, 5.41) is 5.53. The van der Waals surface area contributed by atoms with Crippen molar-refractivity contribution in [3.63, 3.8) is 0 Å². The second-order valence-corrected chi connectivity index (χ2v) is 5.49. The van der Waals surface area contributed by atoms with Crippen molar-refractivity contribution in [2.45, 2.75) is 34.2 Å². The molecule has 1 aromatic heterocycles. The minimum atomic E-state index is -0.293. The number of nitrogens with zero attached hydrogens (tertiary/aromatic N) is 1. The molecular weight excluding hydrogens is 300 g/mol. The molecule has 0 saturated heterocycles. The fourth-order valence-electron chi connectivity index (χ4n) is 2.85. The first kappa shape index (κ1) is 18.0. The zero-order valence-electron chi connectivity index (χ0n) is 14.9. The van der Waals surface area contributed by atoms with Gasteiger partial charge in [0.05, 0.1) is 5.52 Å². The first-order chi connectivity index (χ1) is 11.6. The highest BCUT2D eigenvalue weighted by Crippen LogP contribution is 2.31. The van der Waals surface area contributed by atoms with E-state index in [1.54, 1.807) is 0 Å². The van der Waals surface area contributed by atoms with Gasteiger partial charge in [0.15, 0.2) is 0 Å². The van der Waals surface area contributed by atoms with Crippen LogP contribution in [0.1, 0.15) is 27.7 Å². The fraction of sp³-hybridized carbons (Fsp3) is 0.350. The number of carbonyl (C=O) groups is 1. The highest BCUT2D eigenvalue weighted by atomic mass is 16.5. The molecule has 1 heterocycles. The number of rotatable bonds is 4. The number of aromatic nitrogens is 1. The zero-order chi connectivity index (χ0) is 17.5. The Kier molecular flexibility index (Phi) is 6.38. The van der Waals surface area contributed by atoms with E-state index >= 15 is 0 Å². The smallest absolute Gasteiger partial charge is 0.308 e. The predicted molar refractivity (Wildman–Crippen MR) is 101 cm³/mol. The molecule has 0 atom stereocenters. The number of fused-ring (bicyclic) bond motifs is 3. The molecular formula is C20H26N2O2. The van der Waals surface area contributed by atoms with Crippen LogP contribution in [-0.4, -0.2) is 23.6 Å². The third-order valence-corrected chi connectivity index (χ3v) is 3.82. The average molecular weight is 326 g/mol. The third kappa shape index (κ3) is 3.95.